The minimum Gasteiger partial charge on any atom is -0.310 e. The molecular formula is C16H19F2N3. The van der Waals surface area contributed by atoms with Gasteiger partial charge < -0.3 is 5.32 Å². The number of hydrogen-bond acceptors (Lipinski definition) is 2. The fraction of sp³-hybridized carbons (Fsp3) is 0.438. The van der Waals surface area contributed by atoms with Crippen LogP contribution < -0.4 is 5.32 Å². The first-order valence-corrected chi connectivity index (χ1v) is 7.46. The molecule has 1 N–H and O–H groups in total. The van der Waals surface area contributed by atoms with Crippen LogP contribution in [0.3, 0.4) is 0 Å². The van der Waals surface area contributed by atoms with Gasteiger partial charge in [-0.1, -0.05) is 6.92 Å². The maximum atomic E-state index is 14.0. The molecule has 5 heteroatoms. The van der Waals surface area contributed by atoms with E-state index in [0.29, 0.717) is 5.69 Å². The summed E-state index contributed by atoms with van der Waals surface area (Å²) in [6.07, 6.45) is 5.88. The summed E-state index contributed by atoms with van der Waals surface area (Å²) in [6.45, 7) is 3.09. The summed E-state index contributed by atoms with van der Waals surface area (Å²) in [5, 5.41) is 7.84. The highest BCUT2D eigenvalue weighted by Gasteiger charge is 2.25. The van der Waals surface area contributed by atoms with Crippen molar-refractivity contribution in [2.24, 2.45) is 0 Å². The molecule has 0 amide bonds. The number of aromatic nitrogens is 2. The van der Waals surface area contributed by atoms with Gasteiger partial charge in [-0.15, -0.1) is 0 Å². The smallest absolute Gasteiger partial charge is 0.151 e. The monoisotopic (exact) mass is 291 g/mol. The van der Waals surface area contributed by atoms with E-state index in [1.54, 1.807) is 4.68 Å². The summed E-state index contributed by atoms with van der Waals surface area (Å²) in [5.41, 5.74) is 2.48. The van der Waals surface area contributed by atoms with Crippen LogP contribution in [0.5, 0.6) is 0 Å². The van der Waals surface area contributed by atoms with Crippen LogP contribution in [0.25, 0.3) is 5.69 Å². The van der Waals surface area contributed by atoms with E-state index in [0.717, 1.165) is 49.6 Å². The van der Waals surface area contributed by atoms with E-state index < -0.39 is 11.6 Å². The second-order valence-electron chi connectivity index (χ2n) is 5.45. The standard InChI is InChI=1S/C16H19F2N3/c1-2-8-19-14-4-3-5-15-12(14)10-20-21(15)16-7-6-11(17)9-13(16)18/h6-7,9-10,14,19H,2-5,8H2,1H3. The molecule has 1 aromatic heterocycles. The largest absolute Gasteiger partial charge is 0.310 e. The molecule has 21 heavy (non-hydrogen) atoms. The molecule has 0 bridgehead atoms. The summed E-state index contributed by atoms with van der Waals surface area (Å²) in [7, 11) is 0. The third kappa shape index (κ3) is 2.70. The van der Waals surface area contributed by atoms with Crippen LogP contribution in [-0.2, 0) is 6.42 Å². The van der Waals surface area contributed by atoms with Gasteiger partial charge in [0, 0.05) is 23.4 Å². The second kappa shape index (κ2) is 5.93. The van der Waals surface area contributed by atoms with Crippen LogP contribution in [0.4, 0.5) is 8.78 Å². The van der Waals surface area contributed by atoms with E-state index in [4.69, 9.17) is 0 Å². The van der Waals surface area contributed by atoms with Crippen LogP contribution >= 0.6 is 0 Å². The van der Waals surface area contributed by atoms with Crippen molar-refractivity contribution < 1.29 is 8.78 Å². The quantitative estimate of drug-likeness (QED) is 0.934. The fourth-order valence-electron chi connectivity index (χ4n) is 2.95. The van der Waals surface area contributed by atoms with Gasteiger partial charge in [0.05, 0.1) is 6.20 Å². The SMILES string of the molecule is CCCNC1CCCc2c1cnn2-c1ccc(F)cc1F. The van der Waals surface area contributed by atoms with Crippen molar-refractivity contribution in [3.63, 3.8) is 0 Å². The third-order valence-electron chi connectivity index (χ3n) is 3.96. The lowest BCUT2D eigenvalue weighted by atomic mass is 9.93. The lowest BCUT2D eigenvalue weighted by Crippen LogP contribution is -2.26. The van der Waals surface area contributed by atoms with Gasteiger partial charge in [-0.2, -0.15) is 5.10 Å². The van der Waals surface area contributed by atoms with Crippen LogP contribution in [0, 0.1) is 11.6 Å². The van der Waals surface area contributed by atoms with Gasteiger partial charge in [0.25, 0.3) is 0 Å². The molecule has 3 nitrogen and oxygen atoms in total. The average Bonchev–Trinajstić information content (AvgIpc) is 2.89. The number of hydrogen-bond donors (Lipinski definition) is 1. The van der Waals surface area contributed by atoms with Crippen molar-refractivity contribution in [3.8, 4) is 5.69 Å². The Hall–Kier alpha value is -1.75. The number of nitrogens with one attached hydrogen (secondary N) is 1. The molecule has 0 spiro atoms. The lowest BCUT2D eigenvalue weighted by molar-refractivity contribution is 0.455. The number of halogens is 2. The Morgan fingerprint density at radius 3 is 3.00 bits per heavy atom. The maximum absolute atomic E-state index is 14.0. The summed E-state index contributed by atoms with van der Waals surface area (Å²) in [4.78, 5) is 0. The Morgan fingerprint density at radius 2 is 2.24 bits per heavy atom. The zero-order valence-electron chi connectivity index (χ0n) is 12.1. The first kappa shape index (κ1) is 14.2. The number of rotatable bonds is 4. The maximum Gasteiger partial charge on any atom is 0.151 e. The van der Waals surface area contributed by atoms with Crippen LogP contribution in [0.15, 0.2) is 24.4 Å². The van der Waals surface area contributed by atoms with Crippen molar-refractivity contribution in [1.29, 1.82) is 0 Å². The zero-order chi connectivity index (χ0) is 14.8. The minimum atomic E-state index is -0.579. The Bertz CT molecular complexity index is 636. The van der Waals surface area contributed by atoms with Gasteiger partial charge in [0.1, 0.15) is 11.5 Å². The predicted molar refractivity (Wildman–Crippen MR) is 77.5 cm³/mol. The predicted octanol–water partition coefficient (Wildman–Crippen LogP) is 3.53. The molecule has 0 saturated carbocycles. The fourth-order valence-corrected chi connectivity index (χ4v) is 2.95. The molecule has 1 unspecified atom stereocenters. The number of nitrogens with zero attached hydrogens (tertiary/aromatic N) is 2. The number of benzene rings is 1. The van der Waals surface area contributed by atoms with Gasteiger partial charge in [0.2, 0.25) is 0 Å². The van der Waals surface area contributed by atoms with E-state index in [-0.39, 0.29) is 6.04 Å². The molecule has 1 heterocycles. The lowest BCUT2D eigenvalue weighted by Gasteiger charge is -2.24. The highest BCUT2D eigenvalue weighted by atomic mass is 19.1. The van der Waals surface area contributed by atoms with Gasteiger partial charge in [-0.05, 0) is 44.4 Å². The molecule has 0 aliphatic heterocycles. The van der Waals surface area contributed by atoms with E-state index in [9.17, 15) is 8.78 Å². The Balaban J connectivity index is 1.97. The van der Waals surface area contributed by atoms with Crippen molar-refractivity contribution in [2.45, 2.75) is 38.6 Å². The van der Waals surface area contributed by atoms with E-state index in [1.807, 2.05) is 6.20 Å². The van der Waals surface area contributed by atoms with E-state index >= 15 is 0 Å². The highest BCUT2D eigenvalue weighted by molar-refractivity contribution is 5.38. The topological polar surface area (TPSA) is 29.9 Å². The van der Waals surface area contributed by atoms with Crippen molar-refractivity contribution in [3.05, 3.63) is 47.3 Å². The highest BCUT2D eigenvalue weighted by Crippen LogP contribution is 2.31. The Morgan fingerprint density at radius 1 is 1.38 bits per heavy atom. The first-order valence-electron chi connectivity index (χ1n) is 7.46. The Labute approximate surface area is 123 Å². The van der Waals surface area contributed by atoms with Crippen LogP contribution in [-0.4, -0.2) is 16.3 Å². The van der Waals surface area contributed by atoms with E-state index in [1.165, 1.54) is 12.1 Å². The van der Waals surface area contributed by atoms with Crippen molar-refractivity contribution >= 4 is 0 Å². The molecule has 1 aromatic carbocycles. The second-order valence-corrected chi connectivity index (χ2v) is 5.45. The molecule has 0 radical (unpaired) electrons. The molecule has 2 aromatic rings. The van der Waals surface area contributed by atoms with Gasteiger partial charge in [-0.25, -0.2) is 13.5 Å². The zero-order valence-corrected chi connectivity index (χ0v) is 12.1. The molecule has 112 valence electrons. The molecular weight excluding hydrogens is 272 g/mol. The van der Waals surface area contributed by atoms with Crippen LogP contribution in [0.2, 0.25) is 0 Å². The van der Waals surface area contributed by atoms with Crippen molar-refractivity contribution in [1.82, 2.24) is 15.1 Å². The van der Waals surface area contributed by atoms with E-state index in [2.05, 4.69) is 17.3 Å². The Kier molecular flexibility index (Phi) is 4.01. The minimum absolute atomic E-state index is 0.283. The van der Waals surface area contributed by atoms with Gasteiger partial charge in [-0.3, -0.25) is 0 Å². The van der Waals surface area contributed by atoms with Crippen LogP contribution in [0.1, 0.15) is 43.5 Å². The summed E-state index contributed by atoms with van der Waals surface area (Å²) < 4.78 is 28.6. The first-order chi connectivity index (χ1) is 10.2. The summed E-state index contributed by atoms with van der Waals surface area (Å²) >= 11 is 0. The van der Waals surface area contributed by atoms with Gasteiger partial charge >= 0.3 is 0 Å². The van der Waals surface area contributed by atoms with Crippen molar-refractivity contribution in [2.75, 3.05) is 6.54 Å². The average molecular weight is 291 g/mol. The molecule has 1 atom stereocenters. The molecule has 3 rings (SSSR count). The molecule has 0 fully saturated rings. The van der Waals surface area contributed by atoms with Gasteiger partial charge in [0.15, 0.2) is 5.82 Å². The third-order valence-corrected chi connectivity index (χ3v) is 3.96. The molecule has 0 saturated heterocycles. The normalized spacial score (nSPS) is 17.8. The number of fused-ring (bicyclic) bond motifs is 1. The summed E-state index contributed by atoms with van der Waals surface area (Å²) in [6, 6.07) is 3.90. The summed E-state index contributed by atoms with van der Waals surface area (Å²) in [5.74, 6) is -1.15. The molecule has 1 aliphatic carbocycles. The molecule has 1 aliphatic rings.